The van der Waals surface area contributed by atoms with Crippen LogP contribution in [0.5, 0.6) is 0 Å². The second-order valence-electron chi connectivity index (χ2n) is 3.64. The molecule has 0 aliphatic rings. The lowest BCUT2D eigenvalue weighted by molar-refractivity contribution is 0.573. The first kappa shape index (κ1) is 17.1. The topological polar surface area (TPSA) is 92.3 Å². The molecule has 0 amide bonds. The van der Waals surface area contributed by atoms with Gasteiger partial charge in [-0.25, -0.2) is 26.3 Å². The lowest BCUT2D eigenvalue weighted by Crippen LogP contribution is -2.34. The lowest BCUT2D eigenvalue weighted by Gasteiger charge is -2.09. The van der Waals surface area contributed by atoms with Crippen LogP contribution in [0.3, 0.4) is 0 Å². The minimum Gasteiger partial charge on any atom is -0.214 e. The number of hydrogen-bond acceptors (Lipinski definition) is 4. The van der Waals surface area contributed by atoms with Crippen LogP contribution in [-0.4, -0.2) is 36.2 Å². The molecule has 0 atom stereocenters. The van der Waals surface area contributed by atoms with E-state index in [0.29, 0.717) is 4.47 Å². The molecule has 0 bridgehead atoms. The lowest BCUT2D eigenvalue weighted by atomic mass is 10.4. The molecule has 6 nitrogen and oxygen atoms in total. The van der Waals surface area contributed by atoms with E-state index in [0.717, 1.165) is 10.7 Å². The molecule has 0 unspecified atom stereocenters. The van der Waals surface area contributed by atoms with Gasteiger partial charge in [0.1, 0.15) is 0 Å². The van der Waals surface area contributed by atoms with Crippen molar-refractivity contribution < 1.29 is 16.8 Å². The average molecular weight is 436 g/mol. The second kappa shape index (κ2) is 6.64. The van der Waals surface area contributed by atoms with Crippen LogP contribution < -0.4 is 9.44 Å². The Morgan fingerprint density at radius 3 is 2.16 bits per heavy atom. The predicted molar refractivity (Wildman–Crippen MR) is 79.9 cm³/mol. The Bertz CT molecular complexity index is 659. The van der Waals surface area contributed by atoms with E-state index in [1.54, 1.807) is 12.1 Å². The molecule has 10 heteroatoms. The fourth-order valence-electron chi connectivity index (χ4n) is 1.19. The minimum absolute atomic E-state index is 0.00773. The van der Waals surface area contributed by atoms with E-state index in [-0.39, 0.29) is 18.0 Å². The second-order valence-corrected chi connectivity index (χ2v) is 8.98. The third-order valence-electron chi connectivity index (χ3n) is 1.96. The summed E-state index contributed by atoms with van der Waals surface area (Å²) in [4.78, 5) is 0.0926. The molecular weight excluding hydrogens is 424 g/mol. The van der Waals surface area contributed by atoms with Crippen LogP contribution in [0.25, 0.3) is 0 Å². The van der Waals surface area contributed by atoms with Crippen molar-refractivity contribution in [3.05, 3.63) is 27.1 Å². The molecule has 2 N–H and O–H groups in total. The molecule has 0 saturated carbocycles. The number of nitrogens with one attached hydrogen (secondary N) is 2. The maximum absolute atomic E-state index is 12.0. The third-order valence-corrected chi connectivity index (χ3v) is 5.62. The van der Waals surface area contributed by atoms with Crippen molar-refractivity contribution in [2.75, 3.05) is 19.3 Å². The molecule has 0 aliphatic carbocycles. The van der Waals surface area contributed by atoms with Crippen molar-refractivity contribution in [3.63, 3.8) is 0 Å². The summed E-state index contributed by atoms with van der Waals surface area (Å²) in [7, 11) is -7.00. The minimum atomic E-state index is -3.68. The number of sulfonamides is 2. The summed E-state index contributed by atoms with van der Waals surface area (Å²) >= 11 is 6.39. The molecule has 19 heavy (non-hydrogen) atoms. The van der Waals surface area contributed by atoms with Gasteiger partial charge in [0.05, 0.1) is 11.2 Å². The zero-order chi connectivity index (χ0) is 14.7. The van der Waals surface area contributed by atoms with Gasteiger partial charge in [-0.15, -0.1) is 0 Å². The molecule has 0 aromatic heterocycles. The molecule has 108 valence electrons. The molecule has 0 radical (unpaired) electrons. The Balaban J connectivity index is 2.71. The SMILES string of the molecule is CS(=O)(=O)NCCNS(=O)(=O)c1ccc(Br)cc1Br. The van der Waals surface area contributed by atoms with Gasteiger partial charge in [-0.3, -0.25) is 0 Å². The van der Waals surface area contributed by atoms with Crippen LogP contribution in [0.15, 0.2) is 32.0 Å². The summed E-state index contributed by atoms with van der Waals surface area (Å²) in [6.07, 6.45) is 1.01. The quantitative estimate of drug-likeness (QED) is 0.653. The Labute approximate surface area is 129 Å². The van der Waals surface area contributed by atoms with E-state index in [1.807, 2.05) is 0 Å². The van der Waals surface area contributed by atoms with E-state index in [4.69, 9.17) is 0 Å². The highest BCUT2D eigenvalue weighted by Crippen LogP contribution is 2.25. The molecular formula is C9H12Br2N2O4S2. The number of hydrogen-bond donors (Lipinski definition) is 2. The molecule has 0 aliphatic heterocycles. The number of halogens is 2. The Kier molecular flexibility index (Phi) is 5.96. The Morgan fingerprint density at radius 1 is 1.05 bits per heavy atom. The van der Waals surface area contributed by atoms with E-state index < -0.39 is 20.0 Å². The van der Waals surface area contributed by atoms with Crippen molar-refractivity contribution in [3.8, 4) is 0 Å². The summed E-state index contributed by atoms with van der Waals surface area (Å²) in [6.45, 7) is -0.0376. The summed E-state index contributed by atoms with van der Waals surface area (Å²) < 4.78 is 51.2. The van der Waals surface area contributed by atoms with Gasteiger partial charge in [-0.05, 0) is 34.1 Å². The highest BCUT2D eigenvalue weighted by molar-refractivity contribution is 9.11. The van der Waals surface area contributed by atoms with Crippen molar-refractivity contribution in [1.29, 1.82) is 0 Å². The van der Waals surface area contributed by atoms with Gasteiger partial charge >= 0.3 is 0 Å². The first-order valence-corrected chi connectivity index (χ1v) is 9.97. The van der Waals surface area contributed by atoms with Gasteiger partial charge in [0.2, 0.25) is 20.0 Å². The fraction of sp³-hybridized carbons (Fsp3) is 0.333. The van der Waals surface area contributed by atoms with Gasteiger partial charge in [0, 0.05) is 22.0 Å². The van der Waals surface area contributed by atoms with E-state index >= 15 is 0 Å². The van der Waals surface area contributed by atoms with Crippen LogP contribution in [0, 0.1) is 0 Å². The molecule has 1 aromatic carbocycles. The van der Waals surface area contributed by atoms with Gasteiger partial charge in [0.25, 0.3) is 0 Å². The monoisotopic (exact) mass is 434 g/mol. The fourth-order valence-corrected chi connectivity index (χ4v) is 4.44. The predicted octanol–water partition coefficient (Wildman–Crippen LogP) is 1.04. The zero-order valence-corrected chi connectivity index (χ0v) is 14.7. The van der Waals surface area contributed by atoms with Crippen molar-refractivity contribution in [1.82, 2.24) is 9.44 Å². The van der Waals surface area contributed by atoms with Crippen LogP contribution in [-0.2, 0) is 20.0 Å². The van der Waals surface area contributed by atoms with E-state index in [1.165, 1.54) is 6.07 Å². The molecule has 0 spiro atoms. The van der Waals surface area contributed by atoms with Crippen LogP contribution >= 0.6 is 31.9 Å². The van der Waals surface area contributed by atoms with Crippen LogP contribution in [0.4, 0.5) is 0 Å². The van der Waals surface area contributed by atoms with Gasteiger partial charge in [-0.1, -0.05) is 15.9 Å². The Morgan fingerprint density at radius 2 is 1.63 bits per heavy atom. The molecule has 0 fully saturated rings. The van der Waals surface area contributed by atoms with Gasteiger partial charge in [-0.2, -0.15) is 0 Å². The van der Waals surface area contributed by atoms with Crippen molar-refractivity contribution in [2.24, 2.45) is 0 Å². The maximum atomic E-state index is 12.0. The van der Waals surface area contributed by atoms with E-state index in [9.17, 15) is 16.8 Å². The van der Waals surface area contributed by atoms with E-state index in [2.05, 4.69) is 41.3 Å². The maximum Gasteiger partial charge on any atom is 0.241 e. The van der Waals surface area contributed by atoms with Crippen molar-refractivity contribution in [2.45, 2.75) is 4.90 Å². The summed E-state index contributed by atoms with van der Waals surface area (Å²) in [5.74, 6) is 0. The van der Waals surface area contributed by atoms with Gasteiger partial charge < -0.3 is 0 Å². The smallest absolute Gasteiger partial charge is 0.214 e. The molecule has 1 aromatic rings. The highest BCUT2D eigenvalue weighted by Gasteiger charge is 2.17. The Hall–Kier alpha value is -0.000000000000000111. The number of benzene rings is 1. The van der Waals surface area contributed by atoms with Crippen molar-refractivity contribution >= 4 is 51.9 Å². The zero-order valence-electron chi connectivity index (χ0n) is 9.85. The number of rotatable bonds is 6. The largest absolute Gasteiger partial charge is 0.241 e. The van der Waals surface area contributed by atoms with Crippen LogP contribution in [0.2, 0.25) is 0 Å². The molecule has 0 heterocycles. The summed E-state index contributed by atoms with van der Waals surface area (Å²) in [5.41, 5.74) is 0. The molecule has 1 rings (SSSR count). The third kappa shape index (κ3) is 5.88. The first-order valence-electron chi connectivity index (χ1n) is 5.01. The summed E-state index contributed by atoms with van der Waals surface area (Å²) in [6, 6.07) is 4.66. The van der Waals surface area contributed by atoms with Gasteiger partial charge in [0.15, 0.2) is 0 Å². The normalized spacial score (nSPS) is 12.6. The highest BCUT2D eigenvalue weighted by atomic mass is 79.9. The average Bonchev–Trinajstić information content (AvgIpc) is 2.22. The van der Waals surface area contributed by atoms with Crippen LogP contribution in [0.1, 0.15) is 0 Å². The summed E-state index contributed by atoms with van der Waals surface area (Å²) in [5, 5.41) is 0. The molecule has 0 saturated heterocycles. The first-order chi connectivity index (χ1) is 8.62. The standard InChI is InChI=1S/C9H12Br2N2O4S2/c1-18(14,15)12-4-5-13-19(16,17)9-3-2-7(10)6-8(9)11/h2-3,6,12-13H,4-5H2,1H3.